The highest BCUT2D eigenvalue weighted by Gasteiger charge is 2.16. The van der Waals surface area contributed by atoms with Crippen LogP contribution in [-0.2, 0) is 11.3 Å². The van der Waals surface area contributed by atoms with Gasteiger partial charge in [0.1, 0.15) is 5.82 Å². The number of amides is 2. The molecule has 1 saturated heterocycles. The van der Waals surface area contributed by atoms with E-state index in [1.807, 2.05) is 0 Å². The highest BCUT2D eigenvalue weighted by Crippen LogP contribution is 2.18. The molecular weight excluding hydrogens is 273 g/mol. The molecule has 0 radical (unpaired) electrons. The highest BCUT2D eigenvalue weighted by molar-refractivity contribution is 5.73. The minimum absolute atomic E-state index is 0.118. The Balaban J connectivity index is 1.76. The van der Waals surface area contributed by atoms with Crippen molar-refractivity contribution in [2.75, 3.05) is 32.1 Å². The summed E-state index contributed by atoms with van der Waals surface area (Å²) >= 11 is 0. The Morgan fingerprint density at radius 2 is 2.24 bits per heavy atom. The van der Waals surface area contributed by atoms with Gasteiger partial charge >= 0.3 is 6.03 Å². The van der Waals surface area contributed by atoms with Crippen LogP contribution in [-0.4, -0.2) is 39.4 Å². The van der Waals surface area contributed by atoms with Crippen LogP contribution in [0.5, 0.6) is 0 Å². The largest absolute Gasteiger partial charge is 0.376 e. The number of urea groups is 1. The summed E-state index contributed by atoms with van der Waals surface area (Å²) in [5, 5.41) is 5.47. The van der Waals surface area contributed by atoms with Crippen LogP contribution in [0.25, 0.3) is 0 Å². The maximum Gasteiger partial charge on any atom is 0.315 e. The smallest absolute Gasteiger partial charge is 0.315 e. The first kappa shape index (κ1) is 15.6. The Morgan fingerprint density at radius 1 is 1.43 bits per heavy atom. The SMILES string of the molecule is CN(C)c1ccc(CNC(=O)NC[C@H]2CCCO2)cc1F. The van der Waals surface area contributed by atoms with Crippen LogP contribution in [0.1, 0.15) is 18.4 Å². The molecule has 0 saturated carbocycles. The molecular formula is C15H22FN3O2. The lowest BCUT2D eigenvalue weighted by molar-refractivity contribution is 0.111. The first-order chi connectivity index (χ1) is 10.1. The van der Waals surface area contributed by atoms with E-state index < -0.39 is 0 Å². The number of ether oxygens (including phenoxy) is 1. The molecule has 2 rings (SSSR count). The monoisotopic (exact) mass is 295 g/mol. The summed E-state index contributed by atoms with van der Waals surface area (Å²) < 4.78 is 19.2. The fourth-order valence-electron chi connectivity index (χ4n) is 2.28. The summed E-state index contributed by atoms with van der Waals surface area (Å²) in [5.41, 5.74) is 1.26. The van der Waals surface area contributed by atoms with Gasteiger partial charge in [-0.25, -0.2) is 9.18 Å². The number of nitrogens with zero attached hydrogens (tertiary/aromatic N) is 1. The zero-order valence-electron chi connectivity index (χ0n) is 12.5. The highest BCUT2D eigenvalue weighted by atomic mass is 19.1. The van der Waals surface area contributed by atoms with Crippen molar-refractivity contribution < 1.29 is 13.9 Å². The van der Waals surface area contributed by atoms with Gasteiger partial charge in [-0.1, -0.05) is 6.07 Å². The van der Waals surface area contributed by atoms with Gasteiger partial charge in [0.2, 0.25) is 0 Å². The molecule has 1 atom stereocenters. The minimum atomic E-state index is -0.293. The lowest BCUT2D eigenvalue weighted by Crippen LogP contribution is -2.39. The van der Waals surface area contributed by atoms with Crippen LogP contribution in [0.2, 0.25) is 0 Å². The van der Waals surface area contributed by atoms with Crippen LogP contribution >= 0.6 is 0 Å². The second kappa shape index (κ2) is 7.26. The van der Waals surface area contributed by atoms with E-state index in [4.69, 9.17) is 4.74 Å². The molecule has 6 heteroatoms. The Bertz CT molecular complexity index is 488. The zero-order valence-corrected chi connectivity index (χ0v) is 12.5. The average molecular weight is 295 g/mol. The number of halogens is 1. The molecule has 116 valence electrons. The number of carbonyl (C=O) groups excluding carboxylic acids is 1. The predicted octanol–water partition coefficient (Wildman–Crippen LogP) is 1.87. The minimum Gasteiger partial charge on any atom is -0.376 e. The van der Waals surface area contributed by atoms with Crippen LogP contribution in [0.3, 0.4) is 0 Å². The summed E-state index contributed by atoms with van der Waals surface area (Å²) in [7, 11) is 3.57. The summed E-state index contributed by atoms with van der Waals surface area (Å²) in [6, 6.07) is 4.69. The van der Waals surface area contributed by atoms with Crippen molar-refractivity contribution in [3.63, 3.8) is 0 Å². The molecule has 2 amide bonds. The first-order valence-corrected chi connectivity index (χ1v) is 7.15. The van der Waals surface area contributed by atoms with Gasteiger partial charge in [0.25, 0.3) is 0 Å². The molecule has 2 N–H and O–H groups in total. The molecule has 21 heavy (non-hydrogen) atoms. The molecule has 0 spiro atoms. The first-order valence-electron chi connectivity index (χ1n) is 7.15. The Hall–Kier alpha value is -1.82. The third-order valence-electron chi connectivity index (χ3n) is 3.46. The second-order valence-corrected chi connectivity index (χ2v) is 5.38. The van der Waals surface area contributed by atoms with Gasteiger partial charge in [-0.15, -0.1) is 0 Å². The van der Waals surface area contributed by atoms with E-state index in [0.29, 0.717) is 18.8 Å². The van der Waals surface area contributed by atoms with Crippen molar-refractivity contribution >= 4 is 11.7 Å². The predicted molar refractivity (Wildman–Crippen MR) is 79.9 cm³/mol. The molecule has 5 nitrogen and oxygen atoms in total. The quantitative estimate of drug-likeness (QED) is 0.872. The molecule has 1 aliphatic rings. The Morgan fingerprint density at radius 3 is 2.86 bits per heavy atom. The summed E-state index contributed by atoms with van der Waals surface area (Å²) in [4.78, 5) is 13.4. The fraction of sp³-hybridized carbons (Fsp3) is 0.533. The van der Waals surface area contributed by atoms with Crippen molar-refractivity contribution in [3.8, 4) is 0 Å². The molecule has 1 aromatic carbocycles. The summed E-state index contributed by atoms with van der Waals surface area (Å²) in [6.45, 7) is 1.58. The lowest BCUT2D eigenvalue weighted by atomic mass is 10.2. The van der Waals surface area contributed by atoms with Gasteiger partial charge in [-0.2, -0.15) is 0 Å². The molecule has 1 heterocycles. The number of hydrogen-bond acceptors (Lipinski definition) is 3. The lowest BCUT2D eigenvalue weighted by Gasteiger charge is -2.15. The van der Waals surface area contributed by atoms with Gasteiger partial charge in [0.05, 0.1) is 11.8 Å². The number of benzene rings is 1. The Kier molecular flexibility index (Phi) is 5.38. The van der Waals surface area contributed by atoms with Gasteiger partial charge in [0.15, 0.2) is 0 Å². The molecule has 1 aliphatic heterocycles. The van der Waals surface area contributed by atoms with Crippen molar-refractivity contribution in [1.82, 2.24) is 10.6 Å². The summed E-state index contributed by atoms with van der Waals surface area (Å²) in [5.74, 6) is -0.293. The standard InChI is InChI=1S/C15H22FN3O2/c1-19(2)14-6-5-11(8-13(14)16)9-17-15(20)18-10-12-4-3-7-21-12/h5-6,8,12H,3-4,7,9-10H2,1-2H3,(H2,17,18,20)/t12-/m1/s1. The van der Waals surface area contributed by atoms with Crippen molar-refractivity contribution in [1.29, 1.82) is 0 Å². The Labute approximate surface area is 124 Å². The summed E-state index contributed by atoms with van der Waals surface area (Å²) in [6.07, 6.45) is 2.15. The number of hydrogen-bond donors (Lipinski definition) is 2. The van der Waals surface area contributed by atoms with Crippen LogP contribution in [0.4, 0.5) is 14.9 Å². The van der Waals surface area contributed by atoms with Crippen LogP contribution < -0.4 is 15.5 Å². The van der Waals surface area contributed by atoms with Gasteiger partial charge < -0.3 is 20.3 Å². The van der Waals surface area contributed by atoms with Gasteiger partial charge in [0, 0.05) is 33.8 Å². The van der Waals surface area contributed by atoms with E-state index in [9.17, 15) is 9.18 Å². The number of anilines is 1. The maximum atomic E-state index is 13.8. The van der Waals surface area contributed by atoms with Gasteiger partial charge in [-0.3, -0.25) is 0 Å². The van der Waals surface area contributed by atoms with Crippen LogP contribution in [0, 0.1) is 5.82 Å². The van der Waals surface area contributed by atoms with E-state index in [1.165, 1.54) is 6.07 Å². The molecule has 0 unspecified atom stereocenters. The molecule has 0 bridgehead atoms. The molecule has 0 aliphatic carbocycles. The van der Waals surface area contributed by atoms with E-state index in [0.717, 1.165) is 25.0 Å². The van der Waals surface area contributed by atoms with E-state index in [-0.39, 0.29) is 18.0 Å². The number of carbonyl (C=O) groups is 1. The fourth-order valence-corrected chi connectivity index (χ4v) is 2.28. The van der Waals surface area contributed by atoms with Crippen molar-refractivity contribution in [2.24, 2.45) is 0 Å². The van der Waals surface area contributed by atoms with E-state index >= 15 is 0 Å². The third-order valence-corrected chi connectivity index (χ3v) is 3.46. The van der Waals surface area contributed by atoms with Crippen molar-refractivity contribution in [3.05, 3.63) is 29.6 Å². The topological polar surface area (TPSA) is 53.6 Å². The van der Waals surface area contributed by atoms with E-state index in [2.05, 4.69) is 10.6 Å². The maximum absolute atomic E-state index is 13.8. The normalized spacial score (nSPS) is 17.6. The third kappa shape index (κ3) is 4.60. The number of nitrogens with one attached hydrogen (secondary N) is 2. The zero-order chi connectivity index (χ0) is 15.2. The van der Waals surface area contributed by atoms with E-state index in [1.54, 1.807) is 31.1 Å². The molecule has 0 aromatic heterocycles. The van der Waals surface area contributed by atoms with Gasteiger partial charge in [-0.05, 0) is 30.5 Å². The second-order valence-electron chi connectivity index (χ2n) is 5.38. The number of rotatable bonds is 5. The molecule has 1 aromatic rings. The van der Waals surface area contributed by atoms with Crippen molar-refractivity contribution in [2.45, 2.75) is 25.5 Å². The molecule has 1 fully saturated rings. The average Bonchev–Trinajstić information content (AvgIpc) is 2.95. The van der Waals surface area contributed by atoms with Crippen LogP contribution in [0.15, 0.2) is 18.2 Å².